The fourth-order valence-electron chi connectivity index (χ4n) is 0.481. The molecule has 5 heteroatoms. The summed E-state index contributed by atoms with van der Waals surface area (Å²) in [6.45, 7) is 1.56. The highest BCUT2D eigenvalue weighted by Gasteiger charge is 2.23. The lowest BCUT2D eigenvalue weighted by Gasteiger charge is -2.15. The molecule has 0 aliphatic rings. The number of aliphatic carboxylic acids is 1. The minimum absolute atomic E-state index is 0.565. The van der Waals surface area contributed by atoms with Gasteiger partial charge in [-0.05, 0) is 6.92 Å². The monoisotopic (exact) mass is 166 g/mol. The van der Waals surface area contributed by atoms with E-state index in [1.165, 1.54) is 14.2 Å². The van der Waals surface area contributed by atoms with Gasteiger partial charge in [-0.2, -0.15) is 0 Å². The third-order valence-corrected chi connectivity index (χ3v) is 2.61. The van der Waals surface area contributed by atoms with Crippen molar-refractivity contribution in [3.8, 4) is 0 Å². The zero-order valence-electron chi connectivity index (χ0n) is 6.20. The third-order valence-electron chi connectivity index (χ3n) is 1.03. The Hall–Kier alpha value is -0.180. The molecule has 0 saturated heterocycles. The molecule has 0 aromatic rings. The van der Waals surface area contributed by atoms with Gasteiger partial charge >= 0.3 is 5.97 Å². The average Bonchev–Trinajstić information content (AvgIpc) is 1.90. The van der Waals surface area contributed by atoms with Gasteiger partial charge in [-0.3, -0.25) is 4.79 Å². The van der Waals surface area contributed by atoms with Gasteiger partial charge in [-0.25, -0.2) is 0 Å². The summed E-state index contributed by atoms with van der Waals surface area (Å²) >= 11 is 0. The minimum atomic E-state index is -1.26. The number of carboxylic acid groups (broad SMARTS) is 1. The van der Waals surface area contributed by atoms with Crippen molar-refractivity contribution in [3.63, 3.8) is 0 Å². The van der Waals surface area contributed by atoms with Crippen molar-refractivity contribution in [1.82, 2.24) is 0 Å². The van der Waals surface area contributed by atoms with Gasteiger partial charge in [0.05, 0.1) is 0 Å². The zero-order chi connectivity index (χ0) is 8.15. The second-order valence-corrected chi connectivity index (χ2v) is 3.74. The van der Waals surface area contributed by atoms with Crippen molar-refractivity contribution < 1.29 is 18.9 Å². The SMILES string of the molecule is COP(OC)C(C)C(=O)O. The average molecular weight is 166 g/mol. The standard InChI is InChI=1S/C5H11O4P/c1-4(5(6)7)10(8-2)9-3/h4H,1-3H3,(H,6,7). The number of rotatable bonds is 4. The van der Waals surface area contributed by atoms with Gasteiger partial charge in [0, 0.05) is 14.2 Å². The van der Waals surface area contributed by atoms with Crippen LogP contribution in [0.1, 0.15) is 6.92 Å². The largest absolute Gasteiger partial charge is 0.481 e. The van der Waals surface area contributed by atoms with E-state index in [-0.39, 0.29) is 0 Å². The molecule has 0 fully saturated rings. The van der Waals surface area contributed by atoms with Gasteiger partial charge in [0.1, 0.15) is 5.66 Å². The Labute approximate surface area is 61.1 Å². The molecule has 0 aliphatic heterocycles. The molecule has 1 N–H and O–H groups in total. The summed E-state index contributed by atoms with van der Waals surface area (Å²) in [5, 5.41) is 8.47. The quantitative estimate of drug-likeness (QED) is 0.634. The molecule has 4 nitrogen and oxygen atoms in total. The molecule has 0 bridgehead atoms. The fraction of sp³-hybridized carbons (Fsp3) is 0.800. The van der Waals surface area contributed by atoms with Gasteiger partial charge in [-0.15, -0.1) is 0 Å². The molecule has 0 radical (unpaired) electrons. The molecule has 0 amide bonds. The highest BCUT2D eigenvalue weighted by molar-refractivity contribution is 7.49. The van der Waals surface area contributed by atoms with E-state index in [1.807, 2.05) is 0 Å². The molecule has 0 heterocycles. The fourth-order valence-corrected chi connectivity index (χ4v) is 1.44. The van der Waals surface area contributed by atoms with Crippen molar-refractivity contribution >= 4 is 14.3 Å². The maximum atomic E-state index is 10.3. The first-order valence-corrected chi connectivity index (χ1v) is 3.98. The summed E-state index contributed by atoms with van der Waals surface area (Å²) in [6, 6.07) is 0. The van der Waals surface area contributed by atoms with Crippen LogP contribution in [-0.2, 0) is 13.8 Å². The summed E-state index contributed by atoms with van der Waals surface area (Å²) in [5.41, 5.74) is -0.565. The van der Waals surface area contributed by atoms with Gasteiger partial charge in [0.25, 0.3) is 0 Å². The molecule has 1 atom stereocenters. The number of carboxylic acids is 1. The minimum Gasteiger partial charge on any atom is -0.481 e. The predicted octanol–water partition coefficient (Wildman–Crippen LogP) is 1.06. The predicted molar refractivity (Wildman–Crippen MR) is 38.0 cm³/mol. The van der Waals surface area contributed by atoms with Crippen LogP contribution >= 0.6 is 8.38 Å². The summed E-state index contributed by atoms with van der Waals surface area (Å²) < 4.78 is 9.57. The summed E-state index contributed by atoms with van der Waals surface area (Å²) in [5.74, 6) is -0.894. The molecule has 10 heavy (non-hydrogen) atoms. The third kappa shape index (κ3) is 2.60. The second kappa shape index (κ2) is 4.61. The molecule has 0 aromatic heterocycles. The van der Waals surface area contributed by atoms with Gasteiger partial charge in [0.2, 0.25) is 0 Å². The molecular weight excluding hydrogens is 155 g/mol. The Bertz CT molecular complexity index is 112. The summed E-state index contributed by atoms with van der Waals surface area (Å²) in [4.78, 5) is 10.3. The van der Waals surface area contributed by atoms with E-state index in [0.717, 1.165) is 0 Å². The van der Waals surface area contributed by atoms with Crippen molar-refractivity contribution in [2.75, 3.05) is 14.2 Å². The Morgan fingerprint density at radius 2 is 1.90 bits per heavy atom. The van der Waals surface area contributed by atoms with Crippen LogP contribution in [0.5, 0.6) is 0 Å². The van der Waals surface area contributed by atoms with Crippen LogP contribution in [-0.4, -0.2) is 31.0 Å². The van der Waals surface area contributed by atoms with E-state index in [0.29, 0.717) is 0 Å². The van der Waals surface area contributed by atoms with Crippen LogP contribution in [0.15, 0.2) is 0 Å². The number of hydrogen-bond acceptors (Lipinski definition) is 3. The Balaban J connectivity index is 3.88. The summed E-state index contributed by atoms with van der Waals surface area (Å²) in [7, 11) is 1.62. The van der Waals surface area contributed by atoms with Gasteiger partial charge in [-0.1, -0.05) is 0 Å². The molecule has 0 aliphatic carbocycles. The maximum absolute atomic E-state index is 10.3. The van der Waals surface area contributed by atoms with E-state index < -0.39 is 20.0 Å². The van der Waals surface area contributed by atoms with E-state index in [9.17, 15) is 4.79 Å². The van der Waals surface area contributed by atoms with Crippen LogP contribution in [0.3, 0.4) is 0 Å². The van der Waals surface area contributed by atoms with Crippen molar-refractivity contribution in [1.29, 1.82) is 0 Å². The second-order valence-electron chi connectivity index (χ2n) is 1.66. The Morgan fingerprint density at radius 3 is 2.00 bits per heavy atom. The van der Waals surface area contributed by atoms with Crippen LogP contribution in [0.25, 0.3) is 0 Å². The maximum Gasteiger partial charge on any atom is 0.315 e. The van der Waals surface area contributed by atoms with Gasteiger partial charge < -0.3 is 14.2 Å². The molecule has 0 spiro atoms. The Kier molecular flexibility index (Phi) is 4.52. The Morgan fingerprint density at radius 1 is 1.50 bits per heavy atom. The smallest absolute Gasteiger partial charge is 0.315 e. The van der Waals surface area contributed by atoms with Gasteiger partial charge in [0.15, 0.2) is 8.38 Å². The highest BCUT2D eigenvalue weighted by Crippen LogP contribution is 2.41. The van der Waals surface area contributed by atoms with Crippen molar-refractivity contribution in [3.05, 3.63) is 0 Å². The molecule has 0 rings (SSSR count). The van der Waals surface area contributed by atoms with Crippen LogP contribution in [0.4, 0.5) is 0 Å². The van der Waals surface area contributed by atoms with E-state index >= 15 is 0 Å². The molecule has 0 aromatic carbocycles. The first-order valence-electron chi connectivity index (χ1n) is 2.73. The molecule has 0 saturated carbocycles. The lowest BCUT2D eigenvalue weighted by molar-refractivity contribution is -0.136. The van der Waals surface area contributed by atoms with E-state index in [1.54, 1.807) is 6.92 Å². The topological polar surface area (TPSA) is 55.8 Å². The molecular formula is C5H11O4P. The zero-order valence-corrected chi connectivity index (χ0v) is 7.09. The van der Waals surface area contributed by atoms with Crippen LogP contribution in [0.2, 0.25) is 0 Å². The van der Waals surface area contributed by atoms with Crippen LogP contribution < -0.4 is 0 Å². The van der Waals surface area contributed by atoms with Crippen molar-refractivity contribution in [2.45, 2.75) is 12.6 Å². The van der Waals surface area contributed by atoms with Crippen molar-refractivity contribution in [2.24, 2.45) is 0 Å². The number of carbonyl (C=O) groups is 1. The first-order chi connectivity index (χ1) is 4.63. The summed E-state index contributed by atoms with van der Waals surface area (Å²) in [6.07, 6.45) is 0. The van der Waals surface area contributed by atoms with E-state index in [2.05, 4.69) is 0 Å². The number of hydrogen-bond donors (Lipinski definition) is 1. The normalized spacial score (nSPS) is 13.6. The lowest BCUT2D eigenvalue weighted by atomic mass is 10.5. The van der Waals surface area contributed by atoms with E-state index in [4.69, 9.17) is 14.2 Å². The van der Waals surface area contributed by atoms with Crippen LogP contribution in [0, 0.1) is 0 Å². The lowest BCUT2D eigenvalue weighted by Crippen LogP contribution is -2.15. The highest BCUT2D eigenvalue weighted by atomic mass is 31.2. The first kappa shape index (κ1) is 9.82. The molecule has 60 valence electrons. The molecule has 1 unspecified atom stereocenters.